The maximum absolute atomic E-state index is 11.8. The Morgan fingerprint density at radius 2 is 1.89 bits per heavy atom. The predicted molar refractivity (Wildman–Crippen MR) is 104 cm³/mol. The fraction of sp³-hybridized carbons (Fsp3) is 0.412. The lowest BCUT2D eigenvalue weighted by molar-refractivity contribution is -0.383. The second-order valence-electron chi connectivity index (χ2n) is 5.71. The van der Waals surface area contributed by atoms with Gasteiger partial charge in [0.1, 0.15) is 6.33 Å². The van der Waals surface area contributed by atoms with E-state index in [1.807, 2.05) is 6.92 Å². The van der Waals surface area contributed by atoms with Crippen LogP contribution in [0.3, 0.4) is 0 Å². The molecular weight excluding hydrogens is 374 g/mol. The average Bonchev–Trinajstić information content (AvgIpc) is 2.64. The molecule has 10 heteroatoms. The van der Waals surface area contributed by atoms with Gasteiger partial charge in [0.25, 0.3) is 0 Å². The number of nitrogens with one attached hydrogen (secondary N) is 1. The smallest absolute Gasteiger partial charge is 0.353 e. The average molecular weight is 396 g/mol. The van der Waals surface area contributed by atoms with Crippen molar-refractivity contribution in [2.45, 2.75) is 6.92 Å². The minimum atomic E-state index is -0.491. The van der Waals surface area contributed by atoms with Crippen molar-refractivity contribution in [3.8, 4) is 0 Å². The van der Waals surface area contributed by atoms with E-state index in [1.165, 1.54) is 6.33 Å². The summed E-state index contributed by atoms with van der Waals surface area (Å²) in [6.45, 7) is 3.49. The van der Waals surface area contributed by atoms with Crippen LogP contribution in [0.2, 0.25) is 5.02 Å². The van der Waals surface area contributed by atoms with Crippen LogP contribution in [-0.4, -0.2) is 55.4 Å². The van der Waals surface area contributed by atoms with Gasteiger partial charge >= 0.3 is 5.69 Å². The number of nitro groups is 1. The van der Waals surface area contributed by atoms with E-state index in [1.54, 1.807) is 37.3 Å². The lowest BCUT2D eigenvalue weighted by atomic mass is 10.2. The number of nitrogens with zero attached hydrogens (tertiary/aromatic N) is 4. The van der Waals surface area contributed by atoms with Gasteiger partial charge in [0, 0.05) is 38.0 Å². The zero-order valence-corrected chi connectivity index (χ0v) is 16.2. The van der Waals surface area contributed by atoms with Crippen molar-refractivity contribution in [3.63, 3.8) is 0 Å². The first kappa shape index (κ1) is 20.8. The fourth-order valence-electron chi connectivity index (χ4n) is 2.48. The highest BCUT2D eigenvalue weighted by Crippen LogP contribution is 2.34. The van der Waals surface area contributed by atoms with Crippen molar-refractivity contribution in [1.82, 2.24) is 9.97 Å². The van der Waals surface area contributed by atoms with Gasteiger partial charge in [0.15, 0.2) is 0 Å². The Morgan fingerprint density at radius 3 is 2.44 bits per heavy atom. The number of hydrogen-bond acceptors (Lipinski definition) is 8. The summed E-state index contributed by atoms with van der Waals surface area (Å²) in [4.78, 5) is 21.3. The van der Waals surface area contributed by atoms with Crippen molar-refractivity contribution in [3.05, 3.63) is 45.2 Å². The molecule has 0 aliphatic rings. The molecule has 2 rings (SSSR count). The van der Waals surface area contributed by atoms with E-state index in [-0.39, 0.29) is 17.3 Å². The number of rotatable bonds is 10. The summed E-state index contributed by atoms with van der Waals surface area (Å²) in [5.41, 5.74) is 1.30. The first-order valence-corrected chi connectivity index (χ1v) is 8.61. The summed E-state index contributed by atoms with van der Waals surface area (Å²) in [5, 5.41) is 15.4. The Bertz CT molecular complexity index is 782. The van der Waals surface area contributed by atoms with Gasteiger partial charge in [0.05, 0.1) is 18.1 Å². The van der Waals surface area contributed by atoms with Gasteiger partial charge < -0.3 is 19.7 Å². The van der Waals surface area contributed by atoms with E-state index in [2.05, 4.69) is 15.3 Å². The zero-order chi connectivity index (χ0) is 19.8. The Labute approximate surface area is 162 Å². The zero-order valence-electron chi connectivity index (χ0n) is 15.4. The molecule has 27 heavy (non-hydrogen) atoms. The van der Waals surface area contributed by atoms with Crippen LogP contribution in [0.15, 0.2) is 24.5 Å². The maximum atomic E-state index is 11.8. The SMILES string of the molecule is COCCN(CCOC)c1ncnc(Nc2ccc(Cl)cc2C)c1[N+](=O)[O-]. The van der Waals surface area contributed by atoms with Crippen LogP contribution < -0.4 is 10.2 Å². The maximum Gasteiger partial charge on any atom is 0.353 e. The molecule has 146 valence electrons. The standard InChI is InChI=1S/C17H22ClN5O4/c1-12-10-13(18)4-5-14(12)21-16-15(23(24)25)17(20-11-19-16)22(6-8-26-2)7-9-27-3/h4-5,10-11H,6-9H2,1-3H3,(H,19,20,21). The molecule has 0 aliphatic carbocycles. The first-order chi connectivity index (χ1) is 13.0. The molecule has 0 saturated heterocycles. The molecule has 0 aliphatic heterocycles. The van der Waals surface area contributed by atoms with Gasteiger partial charge in [-0.05, 0) is 30.7 Å². The van der Waals surface area contributed by atoms with Gasteiger partial charge in [-0.2, -0.15) is 0 Å². The predicted octanol–water partition coefficient (Wildman–Crippen LogP) is 3.19. The third-order valence-corrected chi connectivity index (χ3v) is 4.09. The van der Waals surface area contributed by atoms with Crippen molar-refractivity contribution in [2.75, 3.05) is 50.7 Å². The monoisotopic (exact) mass is 395 g/mol. The topological polar surface area (TPSA) is 103 Å². The van der Waals surface area contributed by atoms with Crippen LogP contribution in [-0.2, 0) is 9.47 Å². The highest BCUT2D eigenvalue weighted by Gasteiger charge is 2.27. The lowest BCUT2D eigenvalue weighted by Crippen LogP contribution is -2.32. The molecule has 2 aromatic rings. The van der Waals surface area contributed by atoms with E-state index in [4.69, 9.17) is 21.1 Å². The van der Waals surface area contributed by atoms with E-state index < -0.39 is 4.92 Å². The molecular formula is C17H22ClN5O4. The molecule has 9 nitrogen and oxygen atoms in total. The Hall–Kier alpha value is -2.49. The lowest BCUT2D eigenvalue weighted by Gasteiger charge is -2.23. The van der Waals surface area contributed by atoms with Crippen LogP contribution in [0.25, 0.3) is 0 Å². The van der Waals surface area contributed by atoms with Gasteiger partial charge in [0.2, 0.25) is 11.6 Å². The van der Waals surface area contributed by atoms with E-state index in [0.29, 0.717) is 37.0 Å². The quantitative estimate of drug-likeness (QED) is 0.483. The van der Waals surface area contributed by atoms with E-state index >= 15 is 0 Å². The molecule has 1 aromatic heterocycles. The molecule has 1 N–H and O–H groups in total. The second-order valence-corrected chi connectivity index (χ2v) is 6.14. The minimum absolute atomic E-state index is 0.107. The molecule has 0 bridgehead atoms. The van der Waals surface area contributed by atoms with Crippen molar-refractivity contribution >= 4 is 34.6 Å². The summed E-state index contributed by atoms with van der Waals surface area (Å²) < 4.78 is 10.2. The van der Waals surface area contributed by atoms with Gasteiger partial charge in [-0.1, -0.05) is 11.6 Å². The van der Waals surface area contributed by atoms with Crippen molar-refractivity contribution < 1.29 is 14.4 Å². The molecule has 1 heterocycles. The number of aromatic nitrogens is 2. The van der Waals surface area contributed by atoms with Gasteiger partial charge in [-0.15, -0.1) is 0 Å². The Morgan fingerprint density at radius 1 is 1.22 bits per heavy atom. The molecule has 0 atom stereocenters. The normalized spacial score (nSPS) is 10.7. The first-order valence-electron chi connectivity index (χ1n) is 8.23. The highest BCUT2D eigenvalue weighted by atomic mass is 35.5. The third-order valence-electron chi connectivity index (χ3n) is 3.86. The van der Waals surface area contributed by atoms with Gasteiger partial charge in [-0.3, -0.25) is 10.1 Å². The van der Waals surface area contributed by atoms with Crippen LogP contribution >= 0.6 is 11.6 Å². The number of hydrogen-bond donors (Lipinski definition) is 1. The Balaban J connectivity index is 2.43. The van der Waals surface area contributed by atoms with E-state index in [9.17, 15) is 10.1 Å². The molecule has 0 fully saturated rings. The number of methoxy groups -OCH3 is 2. The fourth-order valence-corrected chi connectivity index (χ4v) is 2.71. The molecule has 0 saturated carbocycles. The third kappa shape index (κ3) is 5.49. The molecule has 1 aromatic carbocycles. The Kier molecular flexibility index (Phi) is 7.71. The largest absolute Gasteiger partial charge is 0.383 e. The summed E-state index contributed by atoms with van der Waals surface area (Å²) in [7, 11) is 3.14. The summed E-state index contributed by atoms with van der Waals surface area (Å²) in [5.74, 6) is 0.313. The molecule has 0 radical (unpaired) electrons. The van der Waals surface area contributed by atoms with Crippen LogP contribution in [0.4, 0.5) is 23.0 Å². The second kappa shape index (κ2) is 10.0. The number of halogens is 1. The number of anilines is 3. The van der Waals surface area contributed by atoms with Crippen LogP contribution in [0.5, 0.6) is 0 Å². The number of aryl methyl sites for hydroxylation is 1. The summed E-state index contributed by atoms with van der Waals surface area (Å²) >= 11 is 5.97. The molecule has 0 unspecified atom stereocenters. The highest BCUT2D eigenvalue weighted by molar-refractivity contribution is 6.30. The summed E-state index contributed by atoms with van der Waals surface area (Å²) in [6, 6.07) is 5.21. The number of benzene rings is 1. The van der Waals surface area contributed by atoms with Crippen LogP contribution in [0, 0.1) is 17.0 Å². The van der Waals surface area contributed by atoms with Gasteiger partial charge in [-0.25, -0.2) is 9.97 Å². The van der Waals surface area contributed by atoms with Crippen molar-refractivity contribution in [2.24, 2.45) is 0 Å². The molecule has 0 amide bonds. The van der Waals surface area contributed by atoms with Crippen molar-refractivity contribution in [1.29, 1.82) is 0 Å². The van der Waals surface area contributed by atoms with Crippen LogP contribution in [0.1, 0.15) is 5.56 Å². The van der Waals surface area contributed by atoms with E-state index in [0.717, 1.165) is 5.56 Å². The number of ether oxygens (including phenoxy) is 2. The summed E-state index contributed by atoms with van der Waals surface area (Å²) in [6.07, 6.45) is 1.29. The molecule has 0 spiro atoms. The minimum Gasteiger partial charge on any atom is -0.383 e.